The highest BCUT2D eigenvalue weighted by Crippen LogP contribution is 2.28. The van der Waals surface area contributed by atoms with E-state index in [1.807, 2.05) is 0 Å². The van der Waals surface area contributed by atoms with Crippen LogP contribution in [-0.4, -0.2) is 23.7 Å². The molecule has 1 aromatic heterocycles. The molecule has 1 N–H and O–H groups in total. The second kappa shape index (κ2) is 7.51. The van der Waals surface area contributed by atoms with Gasteiger partial charge in [0, 0.05) is 12.6 Å². The van der Waals surface area contributed by atoms with Crippen molar-refractivity contribution in [3.8, 4) is 5.75 Å². The van der Waals surface area contributed by atoms with Crippen LogP contribution in [0.2, 0.25) is 0 Å². The maximum absolute atomic E-state index is 12.1. The van der Waals surface area contributed by atoms with Crippen molar-refractivity contribution < 1.29 is 27.6 Å². The number of carbonyl (C=O) groups is 1. The highest BCUT2D eigenvalue weighted by molar-refractivity contribution is 7.14. The smallest absolute Gasteiger partial charge is 0.406 e. The molecule has 0 bridgehead atoms. The summed E-state index contributed by atoms with van der Waals surface area (Å²) < 4.78 is 40.0. The van der Waals surface area contributed by atoms with Crippen LogP contribution in [0, 0.1) is 17.0 Å². The monoisotopic (exact) mass is 374 g/mol. The van der Waals surface area contributed by atoms with Crippen molar-refractivity contribution in [2.45, 2.75) is 19.7 Å². The van der Waals surface area contributed by atoms with Crippen molar-refractivity contribution in [2.24, 2.45) is 0 Å². The summed E-state index contributed by atoms with van der Waals surface area (Å²) >= 11 is 1.03. The quantitative estimate of drug-likeness (QED) is 0.615. The SMILES string of the molecule is Cc1sc(C(=O)NCCc2ccc(OC(F)(F)F)cc2)cc1[N+](=O)[O-]. The van der Waals surface area contributed by atoms with Crippen LogP contribution in [-0.2, 0) is 6.42 Å². The number of benzene rings is 1. The lowest BCUT2D eigenvalue weighted by Gasteiger charge is -2.09. The molecule has 1 heterocycles. The van der Waals surface area contributed by atoms with Crippen molar-refractivity contribution in [2.75, 3.05) is 6.54 Å². The van der Waals surface area contributed by atoms with Crippen molar-refractivity contribution in [3.05, 3.63) is 55.8 Å². The predicted molar refractivity (Wildman–Crippen MR) is 84.9 cm³/mol. The zero-order chi connectivity index (χ0) is 18.6. The molecule has 6 nitrogen and oxygen atoms in total. The number of rotatable bonds is 6. The molecule has 0 aliphatic carbocycles. The normalized spacial score (nSPS) is 11.2. The first-order chi connectivity index (χ1) is 11.7. The van der Waals surface area contributed by atoms with Crippen molar-refractivity contribution in [1.82, 2.24) is 5.32 Å². The summed E-state index contributed by atoms with van der Waals surface area (Å²) in [4.78, 5) is 22.9. The first kappa shape index (κ1) is 18.7. The number of amides is 1. The molecule has 1 aromatic carbocycles. The van der Waals surface area contributed by atoms with Gasteiger partial charge in [-0.05, 0) is 31.0 Å². The second-order valence-electron chi connectivity index (χ2n) is 5.01. The Hall–Kier alpha value is -2.62. The Morgan fingerprint density at radius 1 is 1.32 bits per heavy atom. The predicted octanol–water partition coefficient (Wildman–Crippen LogP) is 3.84. The fraction of sp³-hybridized carbons (Fsp3) is 0.267. The molecular weight excluding hydrogens is 361 g/mol. The summed E-state index contributed by atoms with van der Waals surface area (Å²) in [7, 11) is 0. The van der Waals surface area contributed by atoms with Crippen molar-refractivity contribution >= 4 is 22.9 Å². The lowest BCUT2D eigenvalue weighted by atomic mass is 10.1. The number of aryl methyl sites for hydroxylation is 1. The summed E-state index contributed by atoms with van der Waals surface area (Å²) in [5.41, 5.74) is 0.610. The van der Waals surface area contributed by atoms with E-state index in [2.05, 4.69) is 10.1 Å². The van der Waals surface area contributed by atoms with Crippen LogP contribution in [0.15, 0.2) is 30.3 Å². The van der Waals surface area contributed by atoms with Crippen LogP contribution in [0.25, 0.3) is 0 Å². The lowest BCUT2D eigenvalue weighted by molar-refractivity contribution is -0.385. The molecule has 10 heteroatoms. The molecule has 0 aliphatic heterocycles. The number of alkyl halides is 3. The van der Waals surface area contributed by atoms with Crippen LogP contribution in [0.5, 0.6) is 5.75 Å². The van der Waals surface area contributed by atoms with Crippen LogP contribution in [0.4, 0.5) is 18.9 Å². The zero-order valence-electron chi connectivity index (χ0n) is 12.9. The van der Waals surface area contributed by atoms with E-state index < -0.39 is 17.2 Å². The van der Waals surface area contributed by atoms with Gasteiger partial charge in [-0.15, -0.1) is 24.5 Å². The van der Waals surface area contributed by atoms with Gasteiger partial charge in [0.2, 0.25) is 0 Å². The van der Waals surface area contributed by atoms with Crippen LogP contribution in [0.3, 0.4) is 0 Å². The Morgan fingerprint density at radius 2 is 1.96 bits per heavy atom. The number of hydrogen-bond acceptors (Lipinski definition) is 5. The number of halogens is 3. The van der Waals surface area contributed by atoms with Crippen LogP contribution in [0.1, 0.15) is 20.1 Å². The molecule has 0 spiro atoms. The highest BCUT2D eigenvalue weighted by Gasteiger charge is 2.30. The fourth-order valence-electron chi connectivity index (χ4n) is 2.03. The Labute approximate surface area is 144 Å². The molecule has 0 unspecified atom stereocenters. The Morgan fingerprint density at radius 3 is 2.48 bits per heavy atom. The molecule has 2 aromatic rings. The average Bonchev–Trinajstić information content (AvgIpc) is 2.90. The van der Waals surface area contributed by atoms with E-state index >= 15 is 0 Å². The largest absolute Gasteiger partial charge is 0.573 e. The van der Waals surface area contributed by atoms with Gasteiger partial charge in [-0.25, -0.2) is 0 Å². The van der Waals surface area contributed by atoms with E-state index in [1.54, 1.807) is 6.92 Å². The van der Waals surface area contributed by atoms with Crippen LogP contribution < -0.4 is 10.1 Å². The van der Waals surface area contributed by atoms with Crippen molar-refractivity contribution in [3.63, 3.8) is 0 Å². The minimum absolute atomic E-state index is 0.101. The second-order valence-corrected chi connectivity index (χ2v) is 6.26. The van der Waals surface area contributed by atoms with Gasteiger partial charge < -0.3 is 10.1 Å². The van der Waals surface area contributed by atoms with Gasteiger partial charge in [0.1, 0.15) is 5.75 Å². The van der Waals surface area contributed by atoms with Gasteiger partial charge >= 0.3 is 6.36 Å². The van der Waals surface area contributed by atoms with E-state index in [1.165, 1.54) is 30.3 Å². The summed E-state index contributed by atoms with van der Waals surface area (Å²) in [5, 5.41) is 13.4. The third kappa shape index (κ3) is 5.45. The number of nitrogens with one attached hydrogen (secondary N) is 1. The Balaban J connectivity index is 1.87. The summed E-state index contributed by atoms with van der Waals surface area (Å²) in [6, 6.07) is 6.53. The standard InChI is InChI=1S/C15H13F3N2O4S/c1-9-12(20(22)23)8-13(25-9)14(21)19-7-6-10-2-4-11(5-3-10)24-15(16,17)18/h2-5,8H,6-7H2,1H3,(H,19,21). The summed E-state index contributed by atoms with van der Waals surface area (Å²) in [6.45, 7) is 1.80. The molecule has 134 valence electrons. The number of ether oxygens (including phenoxy) is 1. The minimum atomic E-state index is -4.74. The van der Waals surface area contributed by atoms with Gasteiger partial charge in [-0.3, -0.25) is 14.9 Å². The van der Waals surface area contributed by atoms with E-state index in [0.29, 0.717) is 16.9 Å². The fourth-order valence-corrected chi connectivity index (χ4v) is 2.93. The Bertz CT molecular complexity index is 772. The van der Waals surface area contributed by atoms with Crippen LogP contribution >= 0.6 is 11.3 Å². The number of carbonyl (C=O) groups excluding carboxylic acids is 1. The third-order valence-corrected chi connectivity index (χ3v) is 4.21. The lowest BCUT2D eigenvalue weighted by Crippen LogP contribution is -2.24. The number of hydrogen-bond donors (Lipinski definition) is 1. The van der Waals surface area contributed by atoms with E-state index in [0.717, 1.165) is 11.3 Å². The summed E-state index contributed by atoms with van der Waals surface area (Å²) in [6.07, 6.45) is -4.35. The molecule has 2 rings (SSSR count). The number of thiophene rings is 1. The van der Waals surface area contributed by atoms with Crippen molar-refractivity contribution in [1.29, 1.82) is 0 Å². The van der Waals surface area contributed by atoms with Gasteiger partial charge in [0.25, 0.3) is 11.6 Å². The molecule has 0 radical (unpaired) electrons. The minimum Gasteiger partial charge on any atom is -0.406 e. The molecule has 0 aliphatic rings. The van der Waals surface area contributed by atoms with E-state index in [9.17, 15) is 28.1 Å². The zero-order valence-corrected chi connectivity index (χ0v) is 13.7. The first-order valence-corrected chi connectivity index (χ1v) is 7.85. The summed E-state index contributed by atoms with van der Waals surface area (Å²) in [5.74, 6) is -0.750. The van der Waals surface area contributed by atoms with E-state index in [-0.39, 0.29) is 22.9 Å². The Kier molecular flexibility index (Phi) is 5.62. The third-order valence-electron chi connectivity index (χ3n) is 3.17. The van der Waals surface area contributed by atoms with Gasteiger partial charge in [0.15, 0.2) is 0 Å². The first-order valence-electron chi connectivity index (χ1n) is 7.03. The highest BCUT2D eigenvalue weighted by atomic mass is 32.1. The molecule has 0 saturated heterocycles. The maximum atomic E-state index is 12.1. The number of nitro groups is 1. The number of nitrogens with zero attached hydrogens (tertiary/aromatic N) is 1. The van der Waals surface area contributed by atoms with Gasteiger partial charge in [-0.1, -0.05) is 12.1 Å². The molecule has 0 saturated carbocycles. The molecule has 0 atom stereocenters. The maximum Gasteiger partial charge on any atom is 0.573 e. The van der Waals surface area contributed by atoms with Gasteiger partial charge in [0.05, 0.1) is 14.7 Å². The van der Waals surface area contributed by atoms with Gasteiger partial charge in [-0.2, -0.15) is 0 Å². The van der Waals surface area contributed by atoms with E-state index in [4.69, 9.17) is 0 Å². The molecule has 1 amide bonds. The average molecular weight is 374 g/mol. The molecule has 0 fully saturated rings. The topological polar surface area (TPSA) is 81.5 Å². The molecular formula is C15H13F3N2O4S. The molecule has 25 heavy (non-hydrogen) atoms.